The van der Waals surface area contributed by atoms with Gasteiger partial charge in [-0.15, -0.1) is 0 Å². The van der Waals surface area contributed by atoms with Crippen LogP contribution in [-0.2, 0) is 33.5 Å². The van der Waals surface area contributed by atoms with Gasteiger partial charge in [-0.3, -0.25) is 14.4 Å². The van der Waals surface area contributed by atoms with Crippen molar-refractivity contribution in [1.29, 1.82) is 0 Å². The molecule has 2 amide bonds. The maximum Gasteiger partial charge on any atom is 0.331 e. The second-order valence-electron chi connectivity index (χ2n) is 13.2. The summed E-state index contributed by atoms with van der Waals surface area (Å²) >= 11 is 0. The number of ether oxygens (including phenoxy) is 1. The molecule has 4 aliphatic rings. The molecule has 0 bridgehead atoms. The topological polar surface area (TPSA) is 179 Å². The fourth-order valence-electron chi connectivity index (χ4n) is 8.24. The van der Waals surface area contributed by atoms with E-state index < -0.39 is 83.1 Å². The number of hydrogen-bond acceptors (Lipinski definition) is 7. The van der Waals surface area contributed by atoms with E-state index in [9.17, 15) is 44.1 Å². The van der Waals surface area contributed by atoms with Crippen LogP contribution in [0.1, 0.15) is 72.6 Å². The number of carbonyl (C=O) groups is 6. The van der Waals surface area contributed by atoms with Crippen molar-refractivity contribution in [3.63, 3.8) is 0 Å². The van der Waals surface area contributed by atoms with Crippen molar-refractivity contribution in [2.75, 3.05) is 6.54 Å². The number of fused-ring (bicyclic) bond motifs is 2. The first-order valence-corrected chi connectivity index (χ1v) is 15.4. The minimum absolute atomic E-state index is 0.0307. The molecule has 2 aliphatic carbocycles. The number of carboxylic acid groups (broad SMARTS) is 3. The van der Waals surface area contributed by atoms with Crippen molar-refractivity contribution < 1.29 is 48.8 Å². The lowest BCUT2D eigenvalue weighted by Gasteiger charge is -2.58. The number of carbonyl (C=O) groups excluding carboxylic acids is 3. The molecule has 6 atom stereocenters. The normalized spacial score (nSPS) is 30.3. The lowest BCUT2D eigenvalue weighted by molar-refractivity contribution is -0.171. The summed E-state index contributed by atoms with van der Waals surface area (Å²) in [6, 6.07) is -3.83. The summed E-state index contributed by atoms with van der Waals surface area (Å²) in [6.45, 7) is 7.48. The molecule has 2 heterocycles. The summed E-state index contributed by atoms with van der Waals surface area (Å²) in [7, 11) is 0. The summed E-state index contributed by atoms with van der Waals surface area (Å²) in [6.07, 6.45) is 9.82. The zero-order chi connectivity index (χ0) is 33.3. The summed E-state index contributed by atoms with van der Waals surface area (Å²) < 4.78 is 6.21. The smallest absolute Gasteiger partial charge is 0.331 e. The number of carboxylic acids is 3. The molecule has 0 radical (unpaired) electrons. The third-order valence-electron chi connectivity index (χ3n) is 9.89. The highest BCUT2D eigenvalue weighted by molar-refractivity contribution is 6.02. The fourth-order valence-corrected chi connectivity index (χ4v) is 8.24. The molecule has 3 N–H and O–H groups in total. The second-order valence-corrected chi connectivity index (χ2v) is 13.2. The summed E-state index contributed by atoms with van der Waals surface area (Å²) in [5, 5.41) is 29.5. The van der Waals surface area contributed by atoms with E-state index in [1.807, 2.05) is 33.8 Å². The van der Waals surface area contributed by atoms with Gasteiger partial charge in [0.15, 0.2) is 0 Å². The van der Waals surface area contributed by atoms with Crippen LogP contribution in [-0.4, -0.2) is 91.6 Å². The summed E-state index contributed by atoms with van der Waals surface area (Å²) in [5.41, 5.74) is -0.770. The molecule has 1 saturated carbocycles. The van der Waals surface area contributed by atoms with Gasteiger partial charge in [-0.2, -0.15) is 0 Å². The van der Waals surface area contributed by atoms with E-state index in [-0.39, 0.29) is 25.8 Å². The van der Waals surface area contributed by atoms with E-state index in [2.05, 4.69) is 0 Å². The van der Waals surface area contributed by atoms with Crippen LogP contribution in [0, 0.1) is 16.7 Å². The molecular weight excluding hydrogens is 584 g/mol. The molecular formula is C33H42N2O10. The van der Waals surface area contributed by atoms with E-state index in [1.165, 1.54) is 17.1 Å². The van der Waals surface area contributed by atoms with Gasteiger partial charge >= 0.3 is 23.9 Å². The van der Waals surface area contributed by atoms with Crippen LogP contribution in [0.2, 0.25) is 0 Å². The molecule has 2 aliphatic heterocycles. The maximum absolute atomic E-state index is 14.3. The van der Waals surface area contributed by atoms with Crippen molar-refractivity contribution in [1.82, 2.24) is 9.80 Å². The van der Waals surface area contributed by atoms with E-state index in [4.69, 9.17) is 4.74 Å². The van der Waals surface area contributed by atoms with Gasteiger partial charge in [0.2, 0.25) is 5.91 Å². The number of amides is 2. The minimum Gasteiger partial charge on any atom is -0.481 e. The SMILES string of the molecule is C/C=C/C=C/C=C/C(=O)O[C@@H]1[C@H](N2C(=O)CC[C@@H]2C(=O)O)C2=C(C(=O)N([C@H](CCC(=O)O)C(=O)O)C2)[C@@]2(C)CCCC(C)(C)[C@@H]12. The van der Waals surface area contributed by atoms with Crippen molar-refractivity contribution in [3.05, 3.63) is 47.6 Å². The zero-order valence-corrected chi connectivity index (χ0v) is 26.1. The van der Waals surface area contributed by atoms with Gasteiger partial charge in [0.1, 0.15) is 18.2 Å². The molecule has 0 aromatic rings. The van der Waals surface area contributed by atoms with Gasteiger partial charge < -0.3 is 29.9 Å². The third-order valence-corrected chi connectivity index (χ3v) is 9.89. The van der Waals surface area contributed by atoms with Crippen LogP contribution in [0.25, 0.3) is 0 Å². The zero-order valence-electron chi connectivity index (χ0n) is 26.1. The van der Waals surface area contributed by atoms with Crippen LogP contribution < -0.4 is 0 Å². The Morgan fingerprint density at radius 3 is 2.33 bits per heavy atom. The van der Waals surface area contributed by atoms with Crippen molar-refractivity contribution in [2.45, 2.75) is 96.9 Å². The molecule has 4 rings (SSSR count). The molecule has 0 spiro atoms. The Kier molecular flexibility index (Phi) is 9.74. The standard InChI is InChI=1S/C33H42N2O10/c1-5-6-7-8-9-11-24(39)45-27-26(35-21(31(43)44)12-14-22(35)36)19-18-34(20(30(41)42)13-15-23(37)38)29(40)25(19)33(4)17-10-16-32(2,3)28(27)33/h5-9,11,20-21,26-28H,10,12-18H2,1-4H3,(H,37,38)(H,41,42)(H,43,44)/b6-5+,8-7+,11-9+/t20-,21-,26-,27-,28-,33-/m1/s1. The second kappa shape index (κ2) is 13.0. The number of aliphatic carboxylic acids is 3. The quantitative estimate of drug-likeness (QED) is 0.175. The predicted octanol–water partition coefficient (Wildman–Crippen LogP) is 3.33. The first kappa shape index (κ1) is 33.7. The first-order valence-electron chi connectivity index (χ1n) is 15.4. The molecule has 12 nitrogen and oxygen atoms in total. The highest BCUT2D eigenvalue weighted by Gasteiger charge is 2.65. The molecule has 1 saturated heterocycles. The lowest BCUT2D eigenvalue weighted by Crippen LogP contribution is -2.64. The molecule has 0 aromatic heterocycles. The number of nitrogens with zero attached hydrogens (tertiary/aromatic N) is 2. The molecule has 244 valence electrons. The predicted molar refractivity (Wildman–Crippen MR) is 161 cm³/mol. The van der Waals surface area contributed by atoms with Crippen molar-refractivity contribution in [2.24, 2.45) is 16.7 Å². The van der Waals surface area contributed by atoms with Gasteiger partial charge in [0, 0.05) is 42.4 Å². The Labute approximate surface area is 262 Å². The highest BCUT2D eigenvalue weighted by atomic mass is 16.5. The Balaban J connectivity index is 1.90. The first-order chi connectivity index (χ1) is 21.2. The number of rotatable bonds is 11. The van der Waals surface area contributed by atoms with Crippen molar-refractivity contribution in [3.8, 4) is 0 Å². The van der Waals surface area contributed by atoms with Gasteiger partial charge in [0.25, 0.3) is 5.91 Å². The summed E-state index contributed by atoms with van der Waals surface area (Å²) in [5.74, 6) is -6.09. The maximum atomic E-state index is 14.3. The van der Waals surface area contributed by atoms with Crippen LogP contribution in [0.3, 0.4) is 0 Å². The number of esters is 1. The summed E-state index contributed by atoms with van der Waals surface area (Å²) in [4.78, 5) is 79.7. The largest absolute Gasteiger partial charge is 0.481 e. The Morgan fingerprint density at radius 2 is 1.71 bits per heavy atom. The van der Waals surface area contributed by atoms with E-state index in [0.717, 1.165) is 11.3 Å². The van der Waals surface area contributed by atoms with Crippen LogP contribution in [0.5, 0.6) is 0 Å². The minimum atomic E-state index is -1.46. The van der Waals surface area contributed by atoms with E-state index in [0.29, 0.717) is 24.0 Å². The van der Waals surface area contributed by atoms with E-state index in [1.54, 1.807) is 18.2 Å². The fraction of sp³-hybridized carbons (Fsp3) is 0.576. The highest BCUT2D eigenvalue weighted by Crippen LogP contribution is 2.62. The Bertz CT molecular complexity index is 1390. The average Bonchev–Trinajstić information content (AvgIpc) is 3.48. The van der Waals surface area contributed by atoms with Crippen LogP contribution >= 0.6 is 0 Å². The number of allylic oxidation sites excluding steroid dienone is 5. The van der Waals surface area contributed by atoms with E-state index >= 15 is 0 Å². The molecule has 0 aromatic carbocycles. The molecule has 0 unspecified atom stereocenters. The monoisotopic (exact) mass is 626 g/mol. The Hall–Kier alpha value is -4.22. The van der Waals surface area contributed by atoms with Gasteiger partial charge in [0.05, 0.1) is 6.04 Å². The molecule has 45 heavy (non-hydrogen) atoms. The molecule has 12 heteroatoms. The van der Waals surface area contributed by atoms with Gasteiger partial charge in [-0.1, -0.05) is 57.6 Å². The van der Waals surface area contributed by atoms with Crippen LogP contribution in [0.15, 0.2) is 47.6 Å². The van der Waals surface area contributed by atoms with Crippen molar-refractivity contribution >= 4 is 35.7 Å². The number of likely N-dealkylation sites (tertiary alicyclic amines) is 1. The third kappa shape index (κ3) is 6.32. The van der Waals surface area contributed by atoms with Crippen LogP contribution in [0.4, 0.5) is 0 Å². The number of hydrogen-bond donors (Lipinski definition) is 3. The average molecular weight is 627 g/mol. The lowest BCUT2D eigenvalue weighted by atomic mass is 9.48. The van der Waals surface area contributed by atoms with Gasteiger partial charge in [-0.05, 0) is 43.6 Å². The Morgan fingerprint density at radius 1 is 1.02 bits per heavy atom. The molecule has 2 fully saturated rings. The van der Waals surface area contributed by atoms with Gasteiger partial charge in [-0.25, -0.2) is 14.4 Å².